The van der Waals surface area contributed by atoms with Gasteiger partial charge in [0.15, 0.2) is 4.90 Å². The second-order valence-corrected chi connectivity index (χ2v) is 6.44. The smallest absolute Gasteiger partial charge is 0.269 e. The zero-order valence-electron chi connectivity index (χ0n) is 11.8. The van der Waals surface area contributed by atoms with E-state index < -0.39 is 16.1 Å². The lowest BCUT2D eigenvalue weighted by Gasteiger charge is -2.12. The fourth-order valence-electron chi connectivity index (χ4n) is 1.79. The molecule has 0 heterocycles. The molecule has 22 heavy (non-hydrogen) atoms. The molecule has 7 heteroatoms. The van der Waals surface area contributed by atoms with Gasteiger partial charge in [0, 0.05) is 18.2 Å². The third-order valence-electron chi connectivity index (χ3n) is 2.82. The summed E-state index contributed by atoms with van der Waals surface area (Å²) in [6.45, 7) is 1.95. The average Bonchev–Trinajstić information content (AvgIpc) is 2.50. The number of rotatable bonds is 6. The van der Waals surface area contributed by atoms with E-state index in [-0.39, 0.29) is 5.69 Å². The second kappa shape index (κ2) is 7.49. The molecular formula is C15H14ClNO4S. The number of hydrogen-bond acceptors (Lipinski definition) is 4. The molecule has 116 valence electrons. The SMILES string of the molecule is CCC[S+]([O-])c1cc(Oc2ccc([N+](=O)[O-])cc2)ccc1Cl. The van der Waals surface area contributed by atoms with Crippen LogP contribution in [0.5, 0.6) is 11.5 Å². The van der Waals surface area contributed by atoms with Gasteiger partial charge in [0.05, 0.1) is 9.95 Å². The average molecular weight is 340 g/mol. The van der Waals surface area contributed by atoms with Crippen LogP contribution in [0.1, 0.15) is 13.3 Å². The molecular weight excluding hydrogens is 326 g/mol. The van der Waals surface area contributed by atoms with Gasteiger partial charge in [0.25, 0.3) is 5.69 Å². The molecule has 0 aliphatic heterocycles. The largest absolute Gasteiger partial charge is 0.611 e. The maximum Gasteiger partial charge on any atom is 0.269 e. The molecule has 2 aromatic carbocycles. The summed E-state index contributed by atoms with van der Waals surface area (Å²) in [6.07, 6.45) is 0.788. The van der Waals surface area contributed by atoms with Crippen molar-refractivity contribution >= 4 is 28.5 Å². The lowest BCUT2D eigenvalue weighted by Crippen LogP contribution is -2.06. The minimum absolute atomic E-state index is 0.00630. The van der Waals surface area contributed by atoms with Crippen LogP contribution in [-0.4, -0.2) is 15.2 Å². The summed E-state index contributed by atoms with van der Waals surface area (Å²) in [6, 6.07) is 10.7. The Labute approximate surface area is 136 Å². The highest BCUT2D eigenvalue weighted by molar-refractivity contribution is 7.91. The molecule has 0 bridgehead atoms. The summed E-state index contributed by atoms with van der Waals surface area (Å²) >= 11 is 4.89. The Morgan fingerprint density at radius 3 is 2.41 bits per heavy atom. The van der Waals surface area contributed by atoms with E-state index in [2.05, 4.69) is 0 Å². The van der Waals surface area contributed by atoms with E-state index in [9.17, 15) is 14.7 Å². The summed E-state index contributed by atoms with van der Waals surface area (Å²) < 4.78 is 17.7. The number of ether oxygens (including phenoxy) is 1. The number of hydrogen-bond donors (Lipinski definition) is 0. The van der Waals surface area contributed by atoms with E-state index >= 15 is 0 Å². The monoisotopic (exact) mass is 339 g/mol. The van der Waals surface area contributed by atoms with Crippen LogP contribution >= 0.6 is 11.6 Å². The van der Waals surface area contributed by atoms with Gasteiger partial charge >= 0.3 is 0 Å². The van der Waals surface area contributed by atoms with Gasteiger partial charge in [-0.2, -0.15) is 0 Å². The van der Waals surface area contributed by atoms with Crippen LogP contribution in [-0.2, 0) is 11.2 Å². The van der Waals surface area contributed by atoms with Crippen molar-refractivity contribution in [2.75, 3.05) is 5.75 Å². The van der Waals surface area contributed by atoms with E-state index in [1.807, 2.05) is 6.92 Å². The van der Waals surface area contributed by atoms with Gasteiger partial charge in [0.1, 0.15) is 17.3 Å². The van der Waals surface area contributed by atoms with E-state index in [0.29, 0.717) is 27.2 Å². The molecule has 0 amide bonds. The number of non-ortho nitro benzene ring substituents is 1. The van der Waals surface area contributed by atoms with Gasteiger partial charge in [-0.05, 0) is 41.9 Å². The van der Waals surface area contributed by atoms with E-state index in [1.165, 1.54) is 24.3 Å². The number of halogens is 1. The number of nitro benzene ring substituents is 1. The molecule has 0 saturated heterocycles. The Bertz CT molecular complexity index is 663. The topological polar surface area (TPSA) is 75.4 Å². The zero-order chi connectivity index (χ0) is 16.1. The number of nitro groups is 1. The highest BCUT2D eigenvalue weighted by Gasteiger charge is 2.16. The van der Waals surface area contributed by atoms with Crippen molar-refractivity contribution in [1.82, 2.24) is 0 Å². The first-order chi connectivity index (χ1) is 10.5. The second-order valence-electron chi connectivity index (χ2n) is 4.49. The Morgan fingerprint density at radius 2 is 1.82 bits per heavy atom. The molecule has 0 aliphatic rings. The van der Waals surface area contributed by atoms with Crippen LogP contribution in [0.4, 0.5) is 5.69 Å². The maximum atomic E-state index is 12.1. The Hall–Kier alpha value is -1.76. The van der Waals surface area contributed by atoms with Crippen LogP contribution in [0.15, 0.2) is 47.4 Å². The highest BCUT2D eigenvalue weighted by Crippen LogP contribution is 2.30. The minimum Gasteiger partial charge on any atom is -0.611 e. The normalized spacial score (nSPS) is 12.0. The molecule has 0 saturated carbocycles. The number of nitrogens with zero attached hydrogens (tertiary/aromatic N) is 1. The molecule has 1 atom stereocenters. The lowest BCUT2D eigenvalue weighted by molar-refractivity contribution is -0.384. The van der Waals surface area contributed by atoms with Crippen molar-refractivity contribution in [2.24, 2.45) is 0 Å². The predicted octanol–water partition coefficient (Wildman–Crippen LogP) is 4.56. The molecule has 5 nitrogen and oxygen atoms in total. The summed E-state index contributed by atoms with van der Waals surface area (Å²) in [5.41, 5.74) is -0.00630. The van der Waals surface area contributed by atoms with Crippen molar-refractivity contribution in [3.63, 3.8) is 0 Å². The van der Waals surface area contributed by atoms with Crippen LogP contribution < -0.4 is 4.74 Å². The first-order valence-electron chi connectivity index (χ1n) is 6.61. The van der Waals surface area contributed by atoms with E-state index in [1.54, 1.807) is 18.2 Å². The third kappa shape index (κ3) is 4.13. The van der Waals surface area contributed by atoms with Gasteiger partial charge in [-0.25, -0.2) is 0 Å². The van der Waals surface area contributed by atoms with E-state index in [4.69, 9.17) is 16.3 Å². The zero-order valence-corrected chi connectivity index (χ0v) is 13.4. The molecule has 2 aromatic rings. The van der Waals surface area contributed by atoms with Gasteiger partial charge in [-0.1, -0.05) is 18.5 Å². The van der Waals surface area contributed by atoms with E-state index in [0.717, 1.165) is 6.42 Å². The van der Waals surface area contributed by atoms with Gasteiger partial charge < -0.3 is 9.29 Å². The standard InChI is InChI=1S/C15H14ClNO4S/c1-2-9-22(20)15-10-13(7-8-14(15)16)21-12-5-3-11(4-6-12)17(18)19/h3-8,10H,2,9H2,1H3. The lowest BCUT2D eigenvalue weighted by atomic mass is 10.3. The predicted molar refractivity (Wildman–Crippen MR) is 86.2 cm³/mol. The molecule has 0 N–H and O–H groups in total. The molecule has 0 aliphatic carbocycles. The van der Waals surface area contributed by atoms with Crippen molar-refractivity contribution in [1.29, 1.82) is 0 Å². The molecule has 1 unspecified atom stereocenters. The maximum absolute atomic E-state index is 12.1. The van der Waals surface area contributed by atoms with Crippen LogP contribution in [0.2, 0.25) is 5.02 Å². The van der Waals surface area contributed by atoms with Crippen LogP contribution in [0.3, 0.4) is 0 Å². The van der Waals surface area contributed by atoms with Crippen LogP contribution in [0.25, 0.3) is 0 Å². The summed E-state index contributed by atoms with van der Waals surface area (Å²) in [5.74, 6) is 1.47. The van der Waals surface area contributed by atoms with Gasteiger partial charge in [-0.15, -0.1) is 0 Å². The molecule has 0 fully saturated rings. The Morgan fingerprint density at radius 1 is 1.18 bits per heavy atom. The molecule has 2 rings (SSSR count). The fourth-order valence-corrected chi connectivity index (χ4v) is 3.29. The van der Waals surface area contributed by atoms with Crippen molar-refractivity contribution in [3.8, 4) is 11.5 Å². The van der Waals surface area contributed by atoms with Crippen molar-refractivity contribution in [2.45, 2.75) is 18.2 Å². The minimum atomic E-state index is -1.17. The van der Waals surface area contributed by atoms with Crippen LogP contribution in [0, 0.1) is 10.1 Å². The first kappa shape index (κ1) is 16.6. The van der Waals surface area contributed by atoms with Gasteiger partial charge in [-0.3, -0.25) is 10.1 Å². The summed E-state index contributed by atoms with van der Waals surface area (Å²) in [7, 11) is 0. The molecule has 0 spiro atoms. The van der Waals surface area contributed by atoms with Crippen molar-refractivity contribution in [3.05, 3.63) is 57.6 Å². The quantitative estimate of drug-likeness (QED) is 0.439. The van der Waals surface area contributed by atoms with Crippen molar-refractivity contribution < 1.29 is 14.2 Å². The van der Waals surface area contributed by atoms with Gasteiger partial charge in [0.2, 0.25) is 0 Å². The third-order valence-corrected chi connectivity index (χ3v) is 4.87. The first-order valence-corrected chi connectivity index (χ1v) is 8.31. The summed E-state index contributed by atoms with van der Waals surface area (Å²) in [5, 5.41) is 11.0. The molecule has 0 radical (unpaired) electrons. The summed E-state index contributed by atoms with van der Waals surface area (Å²) in [4.78, 5) is 10.7. The number of benzene rings is 2. The molecule has 0 aromatic heterocycles. The Kier molecular flexibility index (Phi) is 5.65. The highest BCUT2D eigenvalue weighted by atomic mass is 35.5. The Balaban J connectivity index is 2.19. The fraction of sp³-hybridized carbons (Fsp3) is 0.200.